The number of amides is 1. The van der Waals surface area contributed by atoms with Crippen molar-refractivity contribution in [1.82, 2.24) is 5.32 Å². The molecule has 1 N–H and O–H groups in total. The third kappa shape index (κ3) is 14.5. The molecule has 2 nitrogen and oxygen atoms in total. The first-order valence-electron chi connectivity index (χ1n) is 7.61. The Morgan fingerprint density at radius 1 is 1.00 bits per heavy atom. The second kappa shape index (κ2) is 13.9. The summed E-state index contributed by atoms with van der Waals surface area (Å²) in [6.45, 7) is 7.08. The van der Waals surface area contributed by atoms with Crippen molar-refractivity contribution in [3.05, 3.63) is 48.6 Å². The van der Waals surface area contributed by atoms with Crippen LogP contribution in [0.2, 0.25) is 0 Å². The number of allylic oxidation sites excluding steroid dienone is 7. The predicted molar refractivity (Wildman–Crippen MR) is 88.5 cm³/mol. The molecule has 112 valence electrons. The molecule has 2 heteroatoms. The second-order valence-electron chi connectivity index (χ2n) is 5.19. The summed E-state index contributed by atoms with van der Waals surface area (Å²) in [4.78, 5) is 11.3. The van der Waals surface area contributed by atoms with Gasteiger partial charge in [-0.25, -0.2) is 0 Å². The average molecular weight is 275 g/mol. The van der Waals surface area contributed by atoms with E-state index in [0.29, 0.717) is 5.92 Å². The Morgan fingerprint density at radius 2 is 1.65 bits per heavy atom. The van der Waals surface area contributed by atoms with Gasteiger partial charge in [-0.1, -0.05) is 76.1 Å². The Hall–Kier alpha value is -1.57. The number of hydrogen-bond acceptors (Lipinski definition) is 1. The van der Waals surface area contributed by atoms with Gasteiger partial charge in [-0.2, -0.15) is 0 Å². The molecule has 0 saturated carbocycles. The molecule has 0 spiro atoms. The number of nitrogens with one attached hydrogen (secondary N) is 1. The van der Waals surface area contributed by atoms with Gasteiger partial charge in [0.15, 0.2) is 0 Å². The minimum atomic E-state index is -0.0388. The van der Waals surface area contributed by atoms with E-state index in [1.807, 2.05) is 24.3 Å². The summed E-state index contributed by atoms with van der Waals surface area (Å²) >= 11 is 0. The van der Waals surface area contributed by atoms with Crippen LogP contribution in [0.25, 0.3) is 0 Å². The monoisotopic (exact) mass is 275 g/mol. The smallest absolute Gasteiger partial charge is 0.243 e. The summed E-state index contributed by atoms with van der Waals surface area (Å²) in [5.41, 5.74) is 0. The highest BCUT2D eigenvalue weighted by molar-refractivity contribution is 5.87. The zero-order valence-electron chi connectivity index (χ0n) is 13.1. The van der Waals surface area contributed by atoms with Crippen LogP contribution in [0.4, 0.5) is 0 Å². The van der Waals surface area contributed by atoms with Crippen LogP contribution in [0.3, 0.4) is 0 Å². The number of hydrogen-bond donors (Lipinski definition) is 1. The molecular weight excluding hydrogens is 246 g/mol. The highest BCUT2D eigenvalue weighted by Crippen LogP contribution is 1.99. The molecule has 0 heterocycles. The molecule has 0 aromatic carbocycles. The molecule has 0 aliphatic rings. The fourth-order valence-corrected chi connectivity index (χ4v) is 1.45. The van der Waals surface area contributed by atoms with Gasteiger partial charge in [0.2, 0.25) is 5.91 Å². The van der Waals surface area contributed by atoms with E-state index in [-0.39, 0.29) is 5.91 Å². The minimum absolute atomic E-state index is 0.0388. The lowest BCUT2D eigenvalue weighted by Crippen LogP contribution is -2.25. The maximum atomic E-state index is 11.3. The molecule has 0 radical (unpaired) electrons. The summed E-state index contributed by atoms with van der Waals surface area (Å²) in [6.07, 6.45) is 20.3. The van der Waals surface area contributed by atoms with Crippen molar-refractivity contribution in [3.8, 4) is 0 Å². The van der Waals surface area contributed by atoms with E-state index in [0.717, 1.165) is 13.0 Å². The van der Waals surface area contributed by atoms with Crippen molar-refractivity contribution in [2.24, 2.45) is 5.92 Å². The first-order chi connectivity index (χ1) is 9.66. The van der Waals surface area contributed by atoms with E-state index in [9.17, 15) is 4.79 Å². The van der Waals surface area contributed by atoms with Gasteiger partial charge in [0.1, 0.15) is 0 Å². The lowest BCUT2D eigenvalue weighted by molar-refractivity contribution is -0.116. The lowest BCUT2D eigenvalue weighted by Gasteiger charge is -2.03. The second-order valence-corrected chi connectivity index (χ2v) is 5.19. The van der Waals surface area contributed by atoms with E-state index < -0.39 is 0 Å². The van der Waals surface area contributed by atoms with Crippen LogP contribution in [0.1, 0.15) is 46.5 Å². The molecule has 0 aromatic heterocycles. The maximum Gasteiger partial charge on any atom is 0.243 e. The molecule has 0 aromatic rings. The van der Waals surface area contributed by atoms with Crippen LogP contribution < -0.4 is 5.32 Å². The number of carbonyl (C=O) groups is 1. The molecule has 20 heavy (non-hydrogen) atoms. The average Bonchev–Trinajstić information content (AvgIpc) is 2.42. The summed E-state index contributed by atoms with van der Waals surface area (Å²) in [7, 11) is 0. The molecular formula is C18H29NO. The van der Waals surface area contributed by atoms with Crippen molar-refractivity contribution >= 4 is 5.91 Å². The van der Waals surface area contributed by atoms with Crippen molar-refractivity contribution in [1.29, 1.82) is 0 Å². The molecule has 0 fully saturated rings. The first-order valence-corrected chi connectivity index (χ1v) is 7.61. The Balaban J connectivity index is 3.71. The van der Waals surface area contributed by atoms with E-state index in [4.69, 9.17) is 0 Å². The van der Waals surface area contributed by atoms with Crippen molar-refractivity contribution in [3.63, 3.8) is 0 Å². The Bertz CT molecular complexity index is 348. The van der Waals surface area contributed by atoms with Gasteiger partial charge in [0.25, 0.3) is 0 Å². The molecule has 0 aliphatic heterocycles. The summed E-state index contributed by atoms with van der Waals surface area (Å²) in [5.74, 6) is 0.443. The molecule has 1 amide bonds. The van der Waals surface area contributed by atoms with Gasteiger partial charge < -0.3 is 5.32 Å². The standard InChI is InChI=1S/C18H29NO/c1-4-5-6-7-8-9-10-11-12-13-14-15-18(20)19-16-17(2)3/h8-15,17H,4-7,16H2,1-3H3,(H,19,20). The number of unbranched alkanes of at least 4 members (excludes halogenated alkanes) is 3. The van der Waals surface area contributed by atoms with Crippen molar-refractivity contribution < 1.29 is 4.79 Å². The van der Waals surface area contributed by atoms with Gasteiger partial charge >= 0.3 is 0 Å². The van der Waals surface area contributed by atoms with Gasteiger partial charge in [-0.3, -0.25) is 4.79 Å². The third-order valence-electron chi connectivity index (χ3n) is 2.60. The Labute approximate surface area is 124 Å². The van der Waals surface area contributed by atoms with Crippen LogP contribution in [0.5, 0.6) is 0 Å². The fourth-order valence-electron chi connectivity index (χ4n) is 1.45. The Morgan fingerprint density at radius 3 is 2.30 bits per heavy atom. The molecule has 0 saturated heterocycles. The van der Waals surface area contributed by atoms with E-state index in [1.54, 1.807) is 12.2 Å². The molecule has 0 atom stereocenters. The molecule has 0 unspecified atom stereocenters. The Kier molecular flexibility index (Phi) is 12.8. The summed E-state index contributed by atoms with van der Waals surface area (Å²) in [5, 5.41) is 2.83. The van der Waals surface area contributed by atoms with Crippen molar-refractivity contribution in [2.45, 2.75) is 46.5 Å². The summed E-state index contributed by atoms with van der Waals surface area (Å²) in [6, 6.07) is 0. The van der Waals surface area contributed by atoms with Crippen LogP contribution in [-0.4, -0.2) is 12.5 Å². The van der Waals surface area contributed by atoms with E-state index in [2.05, 4.69) is 38.2 Å². The highest BCUT2D eigenvalue weighted by Gasteiger charge is 1.95. The zero-order chi connectivity index (χ0) is 15.1. The van der Waals surface area contributed by atoms with Gasteiger partial charge in [-0.15, -0.1) is 0 Å². The van der Waals surface area contributed by atoms with Gasteiger partial charge in [0.05, 0.1) is 0 Å². The van der Waals surface area contributed by atoms with Gasteiger partial charge in [0, 0.05) is 12.6 Å². The normalized spacial score (nSPS) is 12.6. The molecule has 0 bridgehead atoms. The van der Waals surface area contributed by atoms with Gasteiger partial charge in [-0.05, 0) is 18.8 Å². The SMILES string of the molecule is CCCCCC=CC=CC=CC=CC(=O)NCC(C)C. The number of rotatable bonds is 10. The summed E-state index contributed by atoms with van der Waals surface area (Å²) < 4.78 is 0. The minimum Gasteiger partial charge on any atom is -0.352 e. The lowest BCUT2D eigenvalue weighted by atomic mass is 10.2. The van der Waals surface area contributed by atoms with Crippen LogP contribution >= 0.6 is 0 Å². The highest BCUT2D eigenvalue weighted by atomic mass is 16.1. The number of carbonyl (C=O) groups excluding carboxylic acids is 1. The third-order valence-corrected chi connectivity index (χ3v) is 2.60. The van der Waals surface area contributed by atoms with Crippen LogP contribution in [0.15, 0.2) is 48.6 Å². The molecule has 0 aliphatic carbocycles. The first kappa shape index (κ1) is 18.4. The zero-order valence-corrected chi connectivity index (χ0v) is 13.1. The van der Waals surface area contributed by atoms with Crippen LogP contribution in [0, 0.1) is 5.92 Å². The largest absolute Gasteiger partial charge is 0.352 e. The van der Waals surface area contributed by atoms with E-state index >= 15 is 0 Å². The van der Waals surface area contributed by atoms with Crippen molar-refractivity contribution in [2.75, 3.05) is 6.54 Å². The molecule has 0 rings (SSSR count). The predicted octanol–water partition coefficient (Wildman–Crippen LogP) is 4.56. The van der Waals surface area contributed by atoms with Crippen LogP contribution in [-0.2, 0) is 4.79 Å². The topological polar surface area (TPSA) is 29.1 Å². The quantitative estimate of drug-likeness (QED) is 0.353. The fraction of sp³-hybridized carbons (Fsp3) is 0.500. The van der Waals surface area contributed by atoms with E-state index in [1.165, 1.54) is 19.3 Å². The maximum absolute atomic E-state index is 11.3.